The third-order valence-electron chi connectivity index (χ3n) is 2.63. The van der Waals surface area contributed by atoms with Crippen molar-refractivity contribution in [1.82, 2.24) is 5.32 Å². The van der Waals surface area contributed by atoms with Crippen LogP contribution in [0.25, 0.3) is 0 Å². The van der Waals surface area contributed by atoms with Crippen molar-refractivity contribution in [3.8, 4) is 0 Å². The predicted octanol–water partition coefficient (Wildman–Crippen LogP) is 2.47. The van der Waals surface area contributed by atoms with Crippen LogP contribution in [0, 0.1) is 0 Å². The summed E-state index contributed by atoms with van der Waals surface area (Å²) in [5.41, 5.74) is 2.17. The molecule has 0 saturated heterocycles. The summed E-state index contributed by atoms with van der Waals surface area (Å²) in [5.74, 6) is -0.0940. The van der Waals surface area contributed by atoms with Gasteiger partial charge in [0.25, 0.3) is 0 Å². The Balaban J connectivity index is 2.76. The molecule has 0 spiro atoms. The summed E-state index contributed by atoms with van der Waals surface area (Å²) in [6, 6.07) is 7.30. The molecule has 0 heterocycles. The molecule has 1 rings (SSSR count). The molecule has 1 aromatic carbocycles. The highest BCUT2D eigenvalue weighted by atomic mass is 16.1. The molecule has 0 bridgehead atoms. The molecule has 1 N–H and O–H groups in total. The highest BCUT2D eigenvalue weighted by molar-refractivity contribution is 5.96. The first-order valence-electron chi connectivity index (χ1n) is 5.56. The number of amides is 1. The maximum Gasteiger partial charge on any atom is 0.246 e. The molecule has 0 radical (unpaired) electrons. The SMILES string of the molecule is C/C=C(/C)C(=O)NCc1ccccc1C(C)=O. The maximum atomic E-state index is 11.6. The quantitative estimate of drug-likeness (QED) is 0.639. The van der Waals surface area contributed by atoms with Gasteiger partial charge in [-0.2, -0.15) is 0 Å². The van der Waals surface area contributed by atoms with Crippen molar-refractivity contribution in [2.45, 2.75) is 27.3 Å². The van der Waals surface area contributed by atoms with Crippen LogP contribution in [-0.4, -0.2) is 11.7 Å². The van der Waals surface area contributed by atoms with Gasteiger partial charge in [-0.25, -0.2) is 0 Å². The van der Waals surface area contributed by atoms with Crippen molar-refractivity contribution in [3.05, 3.63) is 47.0 Å². The van der Waals surface area contributed by atoms with Crippen LogP contribution in [-0.2, 0) is 11.3 Å². The van der Waals surface area contributed by atoms with Crippen LogP contribution in [0.3, 0.4) is 0 Å². The Kier molecular flexibility index (Phi) is 4.64. The van der Waals surface area contributed by atoms with Crippen molar-refractivity contribution < 1.29 is 9.59 Å². The number of hydrogen-bond donors (Lipinski definition) is 1. The molecule has 0 unspecified atom stereocenters. The molecule has 0 atom stereocenters. The Morgan fingerprint density at radius 3 is 2.47 bits per heavy atom. The average Bonchev–Trinajstić information content (AvgIpc) is 2.35. The Hall–Kier alpha value is -1.90. The van der Waals surface area contributed by atoms with E-state index in [0.717, 1.165) is 5.56 Å². The molecule has 0 aliphatic carbocycles. The molecular formula is C14H17NO2. The molecule has 1 aromatic rings. The molecular weight excluding hydrogens is 214 g/mol. The topological polar surface area (TPSA) is 46.2 Å². The highest BCUT2D eigenvalue weighted by Gasteiger charge is 2.08. The first-order valence-corrected chi connectivity index (χ1v) is 5.56. The molecule has 0 aliphatic rings. The zero-order valence-electron chi connectivity index (χ0n) is 10.4. The number of hydrogen-bond acceptors (Lipinski definition) is 2. The highest BCUT2D eigenvalue weighted by Crippen LogP contribution is 2.09. The van der Waals surface area contributed by atoms with Gasteiger partial charge in [0, 0.05) is 17.7 Å². The molecule has 0 fully saturated rings. The summed E-state index contributed by atoms with van der Waals surface area (Å²) in [6.07, 6.45) is 1.76. The normalized spacial score (nSPS) is 11.1. The van der Waals surface area contributed by atoms with E-state index in [-0.39, 0.29) is 11.7 Å². The molecule has 0 aliphatic heterocycles. The average molecular weight is 231 g/mol. The van der Waals surface area contributed by atoms with Gasteiger partial charge in [0.2, 0.25) is 5.91 Å². The molecule has 0 saturated carbocycles. The van der Waals surface area contributed by atoms with Crippen LogP contribution < -0.4 is 5.32 Å². The summed E-state index contributed by atoms with van der Waals surface area (Å²) in [4.78, 5) is 22.9. The summed E-state index contributed by atoms with van der Waals surface area (Å²) in [6.45, 7) is 5.47. The van der Waals surface area contributed by atoms with E-state index in [2.05, 4.69) is 5.32 Å². The van der Waals surface area contributed by atoms with E-state index >= 15 is 0 Å². The van der Waals surface area contributed by atoms with Crippen molar-refractivity contribution >= 4 is 11.7 Å². The zero-order chi connectivity index (χ0) is 12.8. The number of carbonyl (C=O) groups is 2. The number of allylic oxidation sites excluding steroid dienone is 1. The molecule has 17 heavy (non-hydrogen) atoms. The second-order valence-electron chi connectivity index (χ2n) is 3.87. The third-order valence-corrected chi connectivity index (χ3v) is 2.63. The van der Waals surface area contributed by atoms with Crippen LogP contribution in [0.5, 0.6) is 0 Å². The van der Waals surface area contributed by atoms with E-state index in [9.17, 15) is 9.59 Å². The van der Waals surface area contributed by atoms with Crippen molar-refractivity contribution in [2.75, 3.05) is 0 Å². The standard InChI is InChI=1S/C14H17NO2/c1-4-10(2)14(17)15-9-12-7-5-6-8-13(12)11(3)16/h4-8H,9H2,1-3H3,(H,15,17)/b10-4-. The fraction of sp³-hybridized carbons (Fsp3) is 0.286. The Labute approximate surface area is 102 Å². The van der Waals surface area contributed by atoms with Gasteiger partial charge in [0.15, 0.2) is 5.78 Å². The number of benzene rings is 1. The zero-order valence-corrected chi connectivity index (χ0v) is 10.4. The number of nitrogens with one attached hydrogen (secondary N) is 1. The fourth-order valence-corrected chi connectivity index (χ4v) is 1.46. The lowest BCUT2D eigenvalue weighted by molar-refractivity contribution is -0.117. The van der Waals surface area contributed by atoms with E-state index in [0.29, 0.717) is 17.7 Å². The van der Waals surface area contributed by atoms with Gasteiger partial charge >= 0.3 is 0 Å². The predicted molar refractivity (Wildman–Crippen MR) is 67.7 cm³/mol. The van der Waals surface area contributed by atoms with Crippen LogP contribution >= 0.6 is 0 Å². The van der Waals surface area contributed by atoms with Crippen LogP contribution in [0.1, 0.15) is 36.7 Å². The van der Waals surface area contributed by atoms with Crippen molar-refractivity contribution in [1.29, 1.82) is 0 Å². The van der Waals surface area contributed by atoms with Crippen LogP contribution in [0.2, 0.25) is 0 Å². The molecule has 1 amide bonds. The molecule has 90 valence electrons. The van der Waals surface area contributed by atoms with E-state index in [1.165, 1.54) is 6.92 Å². The largest absolute Gasteiger partial charge is 0.348 e. The van der Waals surface area contributed by atoms with Gasteiger partial charge in [-0.1, -0.05) is 30.3 Å². The minimum absolute atomic E-state index is 0.0117. The summed E-state index contributed by atoms with van der Waals surface area (Å²) in [7, 11) is 0. The summed E-state index contributed by atoms with van der Waals surface area (Å²) < 4.78 is 0. The lowest BCUT2D eigenvalue weighted by atomic mass is 10.0. The number of ketones is 1. The minimum atomic E-state index is -0.106. The Bertz CT molecular complexity index is 461. The number of carbonyl (C=O) groups excluding carboxylic acids is 2. The number of rotatable bonds is 4. The van der Waals surface area contributed by atoms with Gasteiger partial charge in [-0.15, -0.1) is 0 Å². The van der Waals surface area contributed by atoms with Gasteiger partial charge in [0.05, 0.1) is 0 Å². The van der Waals surface area contributed by atoms with E-state index in [1.807, 2.05) is 25.1 Å². The number of Topliss-reactive ketones (excluding diaryl/α,β-unsaturated/α-hetero) is 1. The lowest BCUT2D eigenvalue weighted by Crippen LogP contribution is -2.24. The third kappa shape index (κ3) is 3.55. The molecule has 3 heteroatoms. The Morgan fingerprint density at radius 2 is 1.88 bits per heavy atom. The van der Waals surface area contributed by atoms with Gasteiger partial charge in [-0.05, 0) is 26.3 Å². The van der Waals surface area contributed by atoms with Crippen molar-refractivity contribution in [2.24, 2.45) is 0 Å². The monoisotopic (exact) mass is 231 g/mol. The molecule has 0 aromatic heterocycles. The summed E-state index contributed by atoms with van der Waals surface area (Å²) >= 11 is 0. The van der Waals surface area contributed by atoms with Gasteiger partial charge < -0.3 is 5.32 Å². The smallest absolute Gasteiger partial charge is 0.246 e. The Morgan fingerprint density at radius 1 is 1.24 bits per heavy atom. The molecule has 3 nitrogen and oxygen atoms in total. The van der Waals surface area contributed by atoms with E-state index < -0.39 is 0 Å². The van der Waals surface area contributed by atoms with E-state index in [1.54, 1.807) is 19.1 Å². The second kappa shape index (κ2) is 5.99. The minimum Gasteiger partial charge on any atom is -0.348 e. The first-order chi connectivity index (χ1) is 8.06. The van der Waals surface area contributed by atoms with Crippen molar-refractivity contribution in [3.63, 3.8) is 0 Å². The second-order valence-corrected chi connectivity index (χ2v) is 3.87. The van der Waals surface area contributed by atoms with E-state index in [4.69, 9.17) is 0 Å². The fourth-order valence-electron chi connectivity index (χ4n) is 1.46. The lowest BCUT2D eigenvalue weighted by Gasteiger charge is -2.08. The van der Waals surface area contributed by atoms with Gasteiger partial charge in [0.1, 0.15) is 0 Å². The first kappa shape index (κ1) is 13.2. The maximum absolute atomic E-state index is 11.6. The van der Waals surface area contributed by atoms with Gasteiger partial charge in [-0.3, -0.25) is 9.59 Å². The van der Waals surface area contributed by atoms with Crippen LogP contribution in [0.4, 0.5) is 0 Å². The summed E-state index contributed by atoms with van der Waals surface area (Å²) in [5, 5.41) is 2.79. The van der Waals surface area contributed by atoms with Crippen LogP contribution in [0.15, 0.2) is 35.9 Å².